The number of nitrogens with zero attached hydrogens (tertiary/aromatic N) is 3. The summed E-state index contributed by atoms with van der Waals surface area (Å²) in [4.78, 5) is 23.5. The molecule has 1 aromatic heterocycles. The van der Waals surface area contributed by atoms with Gasteiger partial charge in [0.2, 0.25) is 5.91 Å². The molecule has 0 spiro atoms. The lowest BCUT2D eigenvalue weighted by Crippen LogP contribution is -2.39. The number of amides is 2. The number of rotatable bonds is 5. The smallest absolute Gasteiger partial charge is 0.268 e. The average molecular weight is 311 g/mol. The molecule has 3 rings (SSSR count). The topological polar surface area (TPSA) is 88.4 Å². The third-order valence-corrected chi connectivity index (χ3v) is 3.60. The number of nitrogens with one attached hydrogen (secondary N) is 2. The molecule has 0 unspecified atom stereocenters. The van der Waals surface area contributed by atoms with E-state index in [1.165, 1.54) is 0 Å². The first kappa shape index (κ1) is 15.0. The Labute approximate surface area is 133 Å². The molecule has 118 valence electrons. The Morgan fingerprint density at radius 2 is 2.09 bits per heavy atom. The maximum Gasteiger partial charge on any atom is 0.268 e. The fourth-order valence-corrected chi connectivity index (χ4v) is 2.39. The van der Waals surface area contributed by atoms with Gasteiger partial charge in [0.15, 0.2) is 0 Å². The predicted octanol–water partition coefficient (Wildman–Crippen LogP) is 1.01. The Morgan fingerprint density at radius 3 is 2.74 bits per heavy atom. The summed E-state index contributed by atoms with van der Waals surface area (Å²) in [7, 11) is 0. The molecule has 2 amide bonds. The molecule has 1 atom stereocenters. The summed E-state index contributed by atoms with van der Waals surface area (Å²) >= 11 is 0. The van der Waals surface area contributed by atoms with Crippen LogP contribution >= 0.6 is 0 Å². The second-order valence-electron chi connectivity index (χ2n) is 5.26. The highest BCUT2D eigenvalue weighted by atomic mass is 16.2. The van der Waals surface area contributed by atoms with Crippen molar-refractivity contribution in [1.82, 2.24) is 20.5 Å². The SMILES string of the molecule is O=C1CCC(C(=O)N[C@H](Cn2cccn2)c2ccccc2)=NN1. The van der Waals surface area contributed by atoms with E-state index in [-0.39, 0.29) is 24.3 Å². The number of hydrogen-bond donors (Lipinski definition) is 2. The van der Waals surface area contributed by atoms with Crippen LogP contribution in [0.5, 0.6) is 0 Å². The van der Waals surface area contributed by atoms with Gasteiger partial charge in [-0.2, -0.15) is 10.2 Å². The highest BCUT2D eigenvalue weighted by Crippen LogP contribution is 2.15. The third-order valence-electron chi connectivity index (χ3n) is 3.60. The molecule has 1 aliphatic heterocycles. The van der Waals surface area contributed by atoms with Crippen LogP contribution in [0.25, 0.3) is 0 Å². The molecule has 0 aliphatic carbocycles. The Kier molecular flexibility index (Phi) is 4.46. The number of hydrazone groups is 1. The maximum absolute atomic E-state index is 12.4. The summed E-state index contributed by atoms with van der Waals surface area (Å²) in [5, 5.41) is 11.0. The van der Waals surface area contributed by atoms with Gasteiger partial charge in [0.25, 0.3) is 5.91 Å². The number of benzene rings is 1. The minimum atomic E-state index is -0.272. The Bertz CT molecular complexity index is 709. The van der Waals surface area contributed by atoms with Gasteiger partial charge in [0, 0.05) is 25.2 Å². The number of aromatic nitrogens is 2. The highest BCUT2D eigenvalue weighted by molar-refractivity contribution is 6.39. The molecule has 1 aliphatic rings. The molecule has 0 bridgehead atoms. The van der Waals surface area contributed by atoms with Crippen molar-refractivity contribution in [3.05, 3.63) is 54.4 Å². The fraction of sp³-hybridized carbons (Fsp3) is 0.250. The second kappa shape index (κ2) is 6.87. The average Bonchev–Trinajstić information content (AvgIpc) is 3.09. The first-order chi connectivity index (χ1) is 11.2. The molecule has 2 aromatic rings. The van der Waals surface area contributed by atoms with Crippen LogP contribution in [0.4, 0.5) is 0 Å². The zero-order chi connectivity index (χ0) is 16.1. The van der Waals surface area contributed by atoms with Crippen molar-refractivity contribution in [3.8, 4) is 0 Å². The Morgan fingerprint density at radius 1 is 1.26 bits per heavy atom. The lowest BCUT2D eigenvalue weighted by atomic mass is 10.1. The number of carbonyl (C=O) groups excluding carboxylic acids is 2. The van der Waals surface area contributed by atoms with Gasteiger partial charge in [0.1, 0.15) is 5.71 Å². The van der Waals surface area contributed by atoms with Gasteiger partial charge in [-0.1, -0.05) is 30.3 Å². The third kappa shape index (κ3) is 3.82. The van der Waals surface area contributed by atoms with Crippen LogP contribution in [0.3, 0.4) is 0 Å². The van der Waals surface area contributed by atoms with Crippen molar-refractivity contribution in [2.24, 2.45) is 5.10 Å². The van der Waals surface area contributed by atoms with Crippen LogP contribution in [0, 0.1) is 0 Å². The van der Waals surface area contributed by atoms with E-state index in [2.05, 4.69) is 20.9 Å². The van der Waals surface area contributed by atoms with Crippen molar-refractivity contribution in [2.45, 2.75) is 25.4 Å². The van der Waals surface area contributed by atoms with Gasteiger partial charge >= 0.3 is 0 Å². The molecule has 7 heteroatoms. The summed E-state index contributed by atoms with van der Waals surface area (Å²) in [5.74, 6) is -0.441. The summed E-state index contributed by atoms with van der Waals surface area (Å²) in [6.07, 6.45) is 4.17. The first-order valence-corrected chi connectivity index (χ1v) is 7.41. The van der Waals surface area contributed by atoms with Crippen molar-refractivity contribution < 1.29 is 9.59 Å². The molecule has 23 heavy (non-hydrogen) atoms. The monoisotopic (exact) mass is 311 g/mol. The Balaban J connectivity index is 1.75. The summed E-state index contributed by atoms with van der Waals surface area (Å²) in [5.41, 5.74) is 3.66. The Hall–Kier alpha value is -2.96. The predicted molar refractivity (Wildman–Crippen MR) is 84.4 cm³/mol. The van der Waals surface area contributed by atoms with E-state index >= 15 is 0 Å². The summed E-state index contributed by atoms with van der Waals surface area (Å²) in [6, 6.07) is 11.3. The molecule has 0 saturated heterocycles. The summed E-state index contributed by atoms with van der Waals surface area (Å²) < 4.78 is 1.77. The van der Waals surface area contributed by atoms with Crippen molar-refractivity contribution in [1.29, 1.82) is 0 Å². The molecule has 1 aromatic carbocycles. The van der Waals surface area contributed by atoms with Crippen LogP contribution in [-0.2, 0) is 16.1 Å². The first-order valence-electron chi connectivity index (χ1n) is 7.41. The standard InChI is InChI=1S/C16H17N5O2/c22-15-8-7-13(19-20-15)16(23)18-14(11-21-10-4-9-17-21)12-5-2-1-3-6-12/h1-6,9-10,14H,7-8,11H2,(H,18,23)(H,20,22)/t14-/m1/s1. The van der Waals surface area contributed by atoms with E-state index in [1.807, 2.05) is 42.6 Å². The number of carbonyl (C=O) groups is 2. The minimum Gasteiger partial charge on any atom is -0.342 e. The molecular formula is C16H17N5O2. The van der Waals surface area contributed by atoms with E-state index in [0.29, 0.717) is 18.7 Å². The lowest BCUT2D eigenvalue weighted by Gasteiger charge is -2.20. The molecule has 2 N–H and O–H groups in total. The van der Waals surface area contributed by atoms with E-state index in [4.69, 9.17) is 0 Å². The second-order valence-corrected chi connectivity index (χ2v) is 5.26. The van der Waals surface area contributed by atoms with Gasteiger partial charge < -0.3 is 5.32 Å². The van der Waals surface area contributed by atoms with E-state index in [9.17, 15) is 9.59 Å². The van der Waals surface area contributed by atoms with Gasteiger partial charge in [-0.25, -0.2) is 5.43 Å². The molecule has 2 heterocycles. The zero-order valence-electron chi connectivity index (χ0n) is 12.5. The normalized spacial score (nSPS) is 15.5. The molecule has 0 fully saturated rings. The maximum atomic E-state index is 12.4. The van der Waals surface area contributed by atoms with Crippen molar-refractivity contribution in [2.75, 3.05) is 0 Å². The van der Waals surface area contributed by atoms with Crippen LogP contribution in [0.2, 0.25) is 0 Å². The number of hydrogen-bond acceptors (Lipinski definition) is 4. The van der Waals surface area contributed by atoms with E-state index in [1.54, 1.807) is 10.9 Å². The fourth-order valence-electron chi connectivity index (χ4n) is 2.39. The van der Waals surface area contributed by atoms with Gasteiger partial charge in [-0.3, -0.25) is 14.3 Å². The van der Waals surface area contributed by atoms with E-state index < -0.39 is 0 Å². The largest absolute Gasteiger partial charge is 0.342 e. The quantitative estimate of drug-likeness (QED) is 0.863. The summed E-state index contributed by atoms with van der Waals surface area (Å²) in [6.45, 7) is 0.516. The molecule has 0 radical (unpaired) electrons. The van der Waals surface area contributed by atoms with Crippen LogP contribution in [0.15, 0.2) is 53.9 Å². The lowest BCUT2D eigenvalue weighted by molar-refractivity contribution is -0.121. The van der Waals surface area contributed by atoms with Crippen molar-refractivity contribution >= 4 is 17.5 Å². The van der Waals surface area contributed by atoms with Crippen LogP contribution < -0.4 is 10.7 Å². The van der Waals surface area contributed by atoms with Crippen LogP contribution in [-0.4, -0.2) is 27.3 Å². The molecular weight excluding hydrogens is 294 g/mol. The van der Waals surface area contributed by atoms with Gasteiger partial charge in [-0.15, -0.1) is 0 Å². The van der Waals surface area contributed by atoms with Crippen LogP contribution in [0.1, 0.15) is 24.4 Å². The van der Waals surface area contributed by atoms with Gasteiger partial charge in [0.05, 0.1) is 12.6 Å². The van der Waals surface area contributed by atoms with E-state index in [0.717, 1.165) is 5.56 Å². The van der Waals surface area contributed by atoms with Gasteiger partial charge in [-0.05, 0) is 11.6 Å². The molecule has 0 saturated carbocycles. The van der Waals surface area contributed by atoms with Crippen molar-refractivity contribution in [3.63, 3.8) is 0 Å². The highest BCUT2D eigenvalue weighted by Gasteiger charge is 2.22. The molecule has 7 nitrogen and oxygen atoms in total. The zero-order valence-corrected chi connectivity index (χ0v) is 12.5. The minimum absolute atomic E-state index is 0.169.